The van der Waals surface area contributed by atoms with Crippen LogP contribution in [0, 0.1) is 5.82 Å². The number of ether oxygens (including phenoxy) is 1. The molecule has 1 rings (SSSR count). The topological polar surface area (TPSA) is 75.6 Å². The van der Waals surface area contributed by atoms with Crippen LogP contribution in [0.2, 0.25) is 0 Å². The van der Waals surface area contributed by atoms with E-state index in [0.29, 0.717) is 0 Å². The van der Waals surface area contributed by atoms with E-state index in [1.54, 1.807) is 6.92 Å². The van der Waals surface area contributed by atoms with Crippen molar-refractivity contribution >= 4 is 17.7 Å². The Kier molecular flexibility index (Phi) is 3.82. The third kappa shape index (κ3) is 2.94. The molecule has 1 aromatic carbocycles. The van der Waals surface area contributed by atoms with Crippen molar-refractivity contribution in [3.63, 3.8) is 0 Å². The average molecular weight is 227 g/mol. The maximum atomic E-state index is 13.3. The van der Waals surface area contributed by atoms with Gasteiger partial charge in [0, 0.05) is 0 Å². The molecule has 0 aromatic heterocycles. The summed E-state index contributed by atoms with van der Waals surface area (Å²) in [6.45, 7) is 1.78. The Balaban J connectivity index is 2.83. The Morgan fingerprint density at radius 2 is 2.19 bits per heavy atom. The average Bonchev–Trinajstić information content (AvgIpc) is 2.21. The lowest BCUT2D eigenvalue weighted by atomic mass is 10.2. The van der Waals surface area contributed by atoms with Crippen LogP contribution in [0.15, 0.2) is 18.2 Å². The standard InChI is InChI=1S/C10H10FNO4/c1-2-16-10(15)12-8-4-3-6(9(13)14)5-7(8)11/h3-5H,2H2,1H3,(H,12,15)(H,13,14). The second-order valence-corrected chi connectivity index (χ2v) is 2.85. The number of amides is 1. The number of halogens is 1. The van der Waals surface area contributed by atoms with Gasteiger partial charge < -0.3 is 9.84 Å². The maximum Gasteiger partial charge on any atom is 0.411 e. The predicted molar refractivity (Wildman–Crippen MR) is 54.0 cm³/mol. The molecule has 16 heavy (non-hydrogen) atoms. The zero-order valence-corrected chi connectivity index (χ0v) is 8.49. The fraction of sp³-hybridized carbons (Fsp3) is 0.200. The van der Waals surface area contributed by atoms with Gasteiger partial charge in [0.05, 0.1) is 17.9 Å². The molecule has 86 valence electrons. The summed E-state index contributed by atoms with van der Waals surface area (Å²) in [5.74, 6) is -2.06. The Morgan fingerprint density at radius 3 is 2.69 bits per heavy atom. The molecule has 0 aliphatic carbocycles. The number of nitrogens with one attached hydrogen (secondary N) is 1. The quantitative estimate of drug-likeness (QED) is 0.828. The fourth-order valence-corrected chi connectivity index (χ4v) is 1.03. The summed E-state index contributed by atoms with van der Waals surface area (Å²) in [5, 5.41) is 10.7. The van der Waals surface area contributed by atoms with E-state index in [1.165, 1.54) is 6.07 Å². The minimum atomic E-state index is -1.23. The van der Waals surface area contributed by atoms with Crippen LogP contribution in [0.5, 0.6) is 0 Å². The Labute approximate surface area is 90.8 Å². The summed E-state index contributed by atoms with van der Waals surface area (Å²) < 4.78 is 17.8. The Hall–Kier alpha value is -2.11. The van der Waals surface area contributed by atoms with Crippen LogP contribution in [0.25, 0.3) is 0 Å². The van der Waals surface area contributed by atoms with Crippen LogP contribution in [0.1, 0.15) is 17.3 Å². The molecular formula is C10H10FNO4. The molecule has 0 atom stereocenters. The number of hydrogen-bond donors (Lipinski definition) is 2. The number of carbonyl (C=O) groups excluding carboxylic acids is 1. The van der Waals surface area contributed by atoms with E-state index >= 15 is 0 Å². The Bertz CT molecular complexity index is 419. The lowest BCUT2D eigenvalue weighted by Crippen LogP contribution is -2.14. The van der Waals surface area contributed by atoms with Gasteiger partial charge in [-0.1, -0.05) is 0 Å². The van der Waals surface area contributed by atoms with Gasteiger partial charge in [-0.15, -0.1) is 0 Å². The van der Waals surface area contributed by atoms with Gasteiger partial charge in [-0.2, -0.15) is 0 Å². The number of carbonyl (C=O) groups is 2. The van der Waals surface area contributed by atoms with E-state index in [-0.39, 0.29) is 17.9 Å². The lowest BCUT2D eigenvalue weighted by molar-refractivity contribution is 0.0696. The molecule has 0 heterocycles. The summed E-state index contributed by atoms with van der Waals surface area (Å²) in [6.07, 6.45) is -0.788. The molecular weight excluding hydrogens is 217 g/mol. The lowest BCUT2D eigenvalue weighted by Gasteiger charge is -2.06. The van der Waals surface area contributed by atoms with Crippen molar-refractivity contribution in [2.24, 2.45) is 0 Å². The molecule has 0 bridgehead atoms. The highest BCUT2D eigenvalue weighted by molar-refractivity contribution is 5.89. The number of carboxylic acids is 1. The summed E-state index contributed by atoms with van der Waals surface area (Å²) in [6, 6.07) is 3.17. The number of hydrogen-bond acceptors (Lipinski definition) is 3. The first-order chi connectivity index (χ1) is 7.54. The van der Waals surface area contributed by atoms with Crippen molar-refractivity contribution in [2.45, 2.75) is 6.92 Å². The number of anilines is 1. The largest absolute Gasteiger partial charge is 0.478 e. The second-order valence-electron chi connectivity index (χ2n) is 2.85. The van der Waals surface area contributed by atoms with Crippen molar-refractivity contribution in [3.05, 3.63) is 29.6 Å². The first-order valence-electron chi connectivity index (χ1n) is 4.51. The van der Waals surface area contributed by atoms with E-state index in [4.69, 9.17) is 5.11 Å². The highest BCUT2D eigenvalue weighted by atomic mass is 19.1. The van der Waals surface area contributed by atoms with Crippen LogP contribution in [0.3, 0.4) is 0 Å². The van der Waals surface area contributed by atoms with Gasteiger partial charge in [0.15, 0.2) is 0 Å². The monoisotopic (exact) mass is 227 g/mol. The van der Waals surface area contributed by atoms with Crippen molar-refractivity contribution in [1.29, 1.82) is 0 Å². The van der Waals surface area contributed by atoms with Gasteiger partial charge in [0.25, 0.3) is 0 Å². The van der Waals surface area contributed by atoms with E-state index in [9.17, 15) is 14.0 Å². The highest BCUT2D eigenvalue weighted by Gasteiger charge is 2.10. The van der Waals surface area contributed by atoms with Crippen molar-refractivity contribution in [3.8, 4) is 0 Å². The number of benzene rings is 1. The first-order valence-corrected chi connectivity index (χ1v) is 4.51. The van der Waals surface area contributed by atoms with Crippen LogP contribution in [-0.2, 0) is 4.74 Å². The van der Waals surface area contributed by atoms with Gasteiger partial charge in [-0.25, -0.2) is 14.0 Å². The minimum Gasteiger partial charge on any atom is -0.478 e. The fourth-order valence-electron chi connectivity index (χ4n) is 1.03. The minimum absolute atomic E-state index is 0.122. The molecule has 0 spiro atoms. The molecule has 0 fully saturated rings. The van der Waals surface area contributed by atoms with Crippen LogP contribution in [0.4, 0.5) is 14.9 Å². The predicted octanol–water partition coefficient (Wildman–Crippen LogP) is 2.09. The molecule has 0 saturated heterocycles. The van der Waals surface area contributed by atoms with E-state index in [0.717, 1.165) is 12.1 Å². The van der Waals surface area contributed by atoms with Gasteiger partial charge >= 0.3 is 12.1 Å². The SMILES string of the molecule is CCOC(=O)Nc1ccc(C(=O)O)cc1F. The summed E-state index contributed by atoms with van der Waals surface area (Å²) in [7, 11) is 0. The van der Waals surface area contributed by atoms with Crippen LogP contribution in [-0.4, -0.2) is 23.8 Å². The number of carboxylic acid groups (broad SMARTS) is 1. The molecule has 0 aliphatic heterocycles. The molecule has 1 amide bonds. The van der Waals surface area contributed by atoms with Gasteiger partial charge in [-0.05, 0) is 25.1 Å². The summed E-state index contributed by atoms with van der Waals surface area (Å²) >= 11 is 0. The van der Waals surface area contributed by atoms with Crippen LogP contribution < -0.4 is 5.32 Å². The highest BCUT2D eigenvalue weighted by Crippen LogP contribution is 2.15. The number of aromatic carboxylic acids is 1. The summed E-state index contributed by atoms with van der Waals surface area (Å²) in [4.78, 5) is 21.5. The van der Waals surface area contributed by atoms with Crippen molar-refractivity contribution in [2.75, 3.05) is 11.9 Å². The van der Waals surface area contributed by atoms with E-state index in [2.05, 4.69) is 10.1 Å². The third-order valence-electron chi connectivity index (χ3n) is 1.73. The van der Waals surface area contributed by atoms with Crippen molar-refractivity contribution in [1.82, 2.24) is 0 Å². The molecule has 6 heteroatoms. The zero-order valence-electron chi connectivity index (χ0n) is 8.49. The van der Waals surface area contributed by atoms with E-state index in [1.807, 2.05) is 0 Å². The zero-order chi connectivity index (χ0) is 12.1. The molecule has 0 aliphatic rings. The first kappa shape index (κ1) is 12.0. The third-order valence-corrected chi connectivity index (χ3v) is 1.73. The molecule has 0 unspecified atom stereocenters. The second kappa shape index (κ2) is 5.11. The van der Waals surface area contributed by atoms with Gasteiger partial charge in [-0.3, -0.25) is 5.32 Å². The smallest absolute Gasteiger partial charge is 0.411 e. The molecule has 2 N–H and O–H groups in total. The molecule has 0 saturated carbocycles. The van der Waals surface area contributed by atoms with Gasteiger partial charge in [0.2, 0.25) is 0 Å². The normalized spacial score (nSPS) is 9.62. The van der Waals surface area contributed by atoms with Crippen molar-refractivity contribution < 1.29 is 23.8 Å². The van der Waals surface area contributed by atoms with Crippen LogP contribution >= 0.6 is 0 Å². The molecule has 5 nitrogen and oxygen atoms in total. The molecule has 0 radical (unpaired) electrons. The molecule has 1 aromatic rings. The maximum absolute atomic E-state index is 13.3. The van der Waals surface area contributed by atoms with E-state index < -0.39 is 17.9 Å². The Morgan fingerprint density at radius 1 is 1.50 bits per heavy atom. The number of rotatable bonds is 3. The van der Waals surface area contributed by atoms with Gasteiger partial charge in [0.1, 0.15) is 5.82 Å². The summed E-state index contributed by atoms with van der Waals surface area (Å²) in [5.41, 5.74) is -0.310.